The number of carbonyl (C=O) groups is 1. The van der Waals surface area contributed by atoms with Crippen molar-refractivity contribution in [2.45, 2.75) is 33.1 Å². The van der Waals surface area contributed by atoms with Crippen molar-refractivity contribution in [2.75, 3.05) is 6.61 Å². The van der Waals surface area contributed by atoms with Crippen LogP contribution in [0.1, 0.15) is 43.7 Å². The molecule has 0 aliphatic rings. The van der Waals surface area contributed by atoms with E-state index < -0.39 is 5.97 Å². The third-order valence-corrected chi connectivity index (χ3v) is 2.10. The Kier molecular flexibility index (Phi) is 3.39. The molecule has 0 radical (unpaired) electrons. The van der Waals surface area contributed by atoms with Crippen LogP contribution in [0.4, 0.5) is 0 Å². The number of halogens is 1. The fourth-order valence-corrected chi connectivity index (χ4v) is 1.36. The average molecular weight is 232 g/mol. The van der Waals surface area contributed by atoms with Crippen LogP contribution in [0.5, 0.6) is 0 Å². The average Bonchev–Trinajstić information content (AvgIpc) is 2.46. The summed E-state index contributed by atoms with van der Waals surface area (Å²) in [6.07, 6.45) is 0. The van der Waals surface area contributed by atoms with Crippen molar-refractivity contribution >= 4 is 17.6 Å². The van der Waals surface area contributed by atoms with Crippen molar-refractivity contribution in [3.8, 4) is 0 Å². The topological polar surface area (TPSA) is 52.3 Å². The molecule has 1 heterocycles. The van der Waals surface area contributed by atoms with E-state index in [1.54, 1.807) is 6.92 Å². The molecule has 0 fully saturated rings. The molecule has 0 amide bonds. The molecule has 15 heavy (non-hydrogen) atoms. The SMILES string of the molecule is CCOC(=O)c1c(C(C)(C)C)noc1Cl. The molecular weight excluding hydrogens is 218 g/mol. The summed E-state index contributed by atoms with van der Waals surface area (Å²) in [6, 6.07) is 0. The largest absolute Gasteiger partial charge is 0.462 e. The predicted octanol–water partition coefficient (Wildman–Crippen LogP) is 2.80. The van der Waals surface area contributed by atoms with Gasteiger partial charge in [-0.1, -0.05) is 25.9 Å². The van der Waals surface area contributed by atoms with Crippen LogP contribution in [0, 0.1) is 0 Å². The standard InChI is InChI=1S/C10H14ClNO3/c1-5-14-9(13)6-7(10(2,3)4)12-15-8(6)11/h5H2,1-4H3. The van der Waals surface area contributed by atoms with Gasteiger partial charge in [-0.15, -0.1) is 0 Å². The second kappa shape index (κ2) is 4.23. The lowest BCUT2D eigenvalue weighted by molar-refractivity contribution is 0.0523. The van der Waals surface area contributed by atoms with E-state index in [1.165, 1.54) is 0 Å². The lowest BCUT2D eigenvalue weighted by Crippen LogP contribution is -2.18. The van der Waals surface area contributed by atoms with Crippen LogP contribution >= 0.6 is 11.6 Å². The zero-order valence-electron chi connectivity index (χ0n) is 9.26. The first kappa shape index (κ1) is 12.0. The number of hydrogen-bond donors (Lipinski definition) is 0. The molecular formula is C10H14ClNO3. The summed E-state index contributed by atoms with van der Waals surface area (Å²) in [6.45, 7) is 7.79. The van der Waals surface area contributed by atoms with E-state index in [1.807, 2.05) is 20.8 Å². The van der Waals surface area contributed by atoms with Gasteiger partial charge in [0.1, 0.15) is 11.3 Å². The van der Waals surface area contributed by atoms with E-state index in [2.05, 4.69) is 5.16 Å². The molecule has 0 atom stereocenters. The molecule has 1 aromatic rings. The van der Waals surface area contributed by atoms with E-state index in [0.717, 1.165) is 0 Å². The van der Waals surface area contributed by atoms with E-state index in [9.17, 15) is 4.79 Å². The second-order valence-electron chi connectivity index (χ2n) is 4.15. The highest BCUT2D eigenvalue weighted by molar-refractivity contribution is 6.32. The fourth-order valence-electron chi connectivity index (χ4n) is 1.16. The number of esters is 1. The molecule has 84 valence electrons. The van der Waals surface area contributed by atoms with Gasteiger partial charge in [-0.3, -0.25) is 0 Å². The minimum absolute atomic E-state index is 0.0154. The lowest BCUT2D eigenvalue weighted by atomic mass is 9.89. The Morgan fingerprint density at radius 2 is 2.13 bits per heavy atom. The number of ether oxygens (including phenoxy) is 1. The molecule has 0 aliphatic heterocycles. The number of aromatic nitrogens is 1. The van der Waals surface area contributed by atoms with Crippen molar-refractivity contribution < 1.29 is 14.1 Å². The summed E-state index contributed by atoms with van der Waals surface area (Å²) < 4.78 is 9.68. The van der Waals surface area contributed by atoms with Gasteiger partial charge < -0.3 is 9.26 Å². The third kappa shape index (κ3) is 2.50. The Morgan fingerprint density at radius 3 is 2.60 bits per heavy atom. The normalized spacial score (nSPS) is 11.5. The highest BCUT2D eigenvalue weighted by Gasteiger charge is 2.30. The van der Waals surface area contributed by atoms with Crippen molar-refractivity contribution in [1.29, 1.82) is 0 Å². The maximum Gasteiger partial charge on any atom is 0.345 e. The van der Waals surface area contributed by atoms with Gasteiger partial charge in [-0.05, 0) is 18.5 Å². The van der Waals surface area contributed by atoms with E-state index >= 15 is 0 Å². The highest BCUT2D eigenvalue weighted by atomic mass is 35.5. The fraction of sp³-hybridized carbons (Fsp3) is 0.600. The van der Waals surface area contributed by atoms with Crippen LogP contribution in [0.2, 0.25) is 5.22 Å². The van der Waals surface area contributed by atoms with Gasteiger partial charge in [0, 0.05) is 5.41 Å². The van der Waals surface area contributed by atoms with Gasteiger partial charge >= 0.3 is 5.97 Å². The Hall–Kier alpha value is -1.03. The van der Waals surface area contributed by atoms with E-state index in [-0.39, 0.29) is 16.2 Å². The number of carbonyl (C=O) groups excluding carboxylic acids is 1. The molecule has 0 aromatic carbocycles. The maximum absolute atomic E-state index is 11.6. The number of rotatable bonds is 2. The maximum atomic E-state index is 11.6. The smallest absolute Gasteiger partial charge is 0.345 e. The summed E-state index contributed by atoms with van der Waals surface area (Å²) in [7, 11) is 0. The van der Waals surface area contributed by atoms with Crippen LogP contribution in [-0.4, -0.2) is 17.7 Å². The van der Waals surface area contributed by atoms with Crippen LogP contribution in [0.3, 0.4) is 0 Å². The molecule has 1 aromatic heterocycles. The summed E-state index contributed by atoms with van der Waals surface area (Å²) >= 11 is 5.75. The van der Waals surface area contributed by atoms with E-state index in [4.69, 9.17) is 20.9 Å². The van der Waals surface area contributed by atoms with Crippen molar-refractivity contribution in [2.24, 2.45) is 0 Å². The second-order valence-corrected chi connectivity index (χ2v) is 4.49. The van der Waals surface area contributed by atoms with Crippen LogP contribution in [-0.2, 0) is 10.2 Å². The van der Waals surface area contributed by atoms with Crippen molar-refractivity contribution in [3.63, 3.8) is 0 Å². The zero-order valence-corrected chi connectivity index (χ0v) is 10.0. The Balaban J connectivity index is 3.16. The first-order chi connectivity index (χ1) is 6.88. The third-order valence-electron chi connectivity index (χ3n) is 1.84. The van der Waals surface area contributed by atoms with Gasteiger partial charge in [-0.25, -0.2) is 4.79 Å². The van der Waals surface area contributed by atoms with Gasteiger partial charge in [0.15, 0.2) is 0 Å². The first-order valence-corrected chi connectivity index (χ1v) is 5.08. The summed E-state index contributed by atoms with van der Waals surface area (Å²) in [5, 5.41) is 3.77. The molecule has 0 bridgehead atoms. The van der Waals surface area contributed by atoms with Crippen molar-refractivity contribution in [3.05, 3.63) is 16.5 Å². The molecule has 0 saturated carbocycles. The minimum atomic E-state index is -0.492. The molecule has 0 saturated heterocycles. The Bertz CT molecular complexity index is 365. The van der Waals surface area contributed by atoms with E-state index in [0.29, 0.717) is 12.3 Å². The molecule has 1 rings (SSSR count). The van der Waals surface area contributed by atoms with Crippen LogP contribution in [0.25, 0.3) is 0 Å². The molecule has 0 N–H and O–H groups in total. The predicted molar refractivity (Wildman–Crippen MR) is 56.2 cm³/mol. The van der Waals surface area contributed by atoms with Gasteiger partial charge in [0.05, 0.1) is 6.61 Å². The van der Waals surface area contributed by atoms with Gasteiger partial charge in [-0.2, -0.15) is 0 Å². The highest BCUT2D eigenvalue weighted by Crippen LogP contribution is 2.30. The summed E-state index contributed by atoms with van der Waals surface area (Å²) in [4.78, 5) is 11.6. The van der Waals surface area contributed by atoms with Crippen LogP contribution in [0.15, 0.2) is 4.52 Å². The van der Waals surface area contributed by atoms with Crippen molar-refractivity contribution in [1.82, 2.24) is 5.16 Å². The summed E-state index contributed by atoms with van der Waals surface area (Å²) in [5.74, 6) is -0.492. The molecule has 0 aliphatic carbocycles. The molecule has 0 spiro atoms. The van der Waals surface area contributed by atoms with Gasteiger partial charge in [0.2, 0.25) is 5.22 Å². The van der Waals surface area contributed by atoms with Crippen LogP contribution < -0.4 is 0 Å². The molecule has 5 heteroatoms. The Morgan fingerprint density at radius 1 is 1.53 bits per heavy atom. The minimum Gasteiger partial charge on any atom is -0.462 e. The summed E-state index contributed by atoms with van der Waals surface area (Å²) in [5.41, 5.74) is 0.440. The van der Waals surface area contributed by atoms with Gasteiger partial charge in [0.25, 0.3) is 0 Å². The lowest BCUT2D eigenvalue weighted by Gasteiger charge is -2.15. The first-order valence-electron chi connectivity index (χ1n) is 4.70. The Labute approximate surface area is 93.5 Å². The molecule has 0 unspecified atom stereocenters. The molecule has 4 nitrogen and oxygen atoms in total. The monoisotopic (exact) mass is 231 g/mol. The number of nitrogens with zero attached hydrogens (tertiary/aromatic N) is 1. The quantitative estimate of drug-likeness (QED) is 0.735. The zero-order chi connectivity index (χ0) is 11.6. The number of hydrogen-bond acceptors (Lipinski definition) is 4.